The van der Waals surface area contributed by atoms with Gasteiger partial charge in [-0.1, -0.05) is 12.1 Å². The van der Waals surface area contributed by atoms with E-state index in [1.807, 2.05) is 7.05 Å². The van der Waals surface area contributed by atoms with Gasteiger partial charge in [0.15, 0.2) is 5.65 Å². The predicted octanol–water partition coefficient (Wildman–Crippen LogP) is 0.883. The summed E-state index contributed by atoms with van der Waals surface area (Å²) in [5.74, 6) is 0.690. The zero-order valence-electron chi connectivity index (χ0n) is 12.7. The third kappa shape index (κ3) is 3.01. The first-order chi connectivity index (χ1) is 11.0. The van der Waals surface area contributed by atoms with Crippen LogP contribution in [0.2, 0.25) is 0 Å². The molecule has 0 unspecified atom stereocenters. The fourth-order valence-electron chi connectivity index (χ4n) is 2.19. The summed E-state index contributed by atoms with van der Waals surface area (Å²) < 4.78 is 27.3. The normalized spacial score (nSPS) is 11.7. The summed E-state index contributed by atoms with van der Waals surface area (Å²) in [4.78, 5) is 8.64. The summed E-state index contributed by atoms with van der Waals surface area (Å²) in [5, 5.41) is 8.22. The molecule has 2 heterocycles. The Morgan fingerprint density at radius 3 is 2.61 bits per heavy atom. The van der Waals surface area contributed by atoms with Gasteiger partial charge in [-0.05, 0) is 24.7 Å². The predicted molar refractivity (Wildman–Crippen MR) is 86.3 cm³/mol. The van der Waals surface area contributed by atoms with E-state index in [9.17, 15) is 8.42 Å². The van der Waals surface area contributed by atoms with Gasteiger partial charge in [0.25, 0.3) is 0 Å². The highest BCUT2D eigenvalue weighted by molar-refractivity contribution is 7.89. The number of fused-ring (bicyclic) bond motifs is 1. The molecule has 3 aromatic rings. The minimum Gasteiger partial charge on any atom is -0.365 e. The average molecular weight is 332 g/mol. The molecule has 0 saturated heterocycles. The summed E-state index contributed by atoms with van der Waals surface area (Å²) in [6.45, 7) is 0.515. The molecule has 0 spiro atoms. The van der Waals surface area contributed by atoms with Gasteiger partial charge in [0.05, 0.1) is 16.5 Å². The molecule has 0 aliphatic carbocycles. The van der Waals surface area contributed by atoms with Gasteiger partial charge in [-0.15, -0.1) is 0 Å². The molecule has 0 amide bonds. The molecule has 2 aromatic heterocycles. The van der Waals surface area contributed by atoms with Crippen molar-refractivity contribution in [3.63, 3.8) is 0 Å². The fraction of sp³-hybridized carbons (Fsp3) is 0.214. The number of aromatic nitrogens is 4. The number of sulfonamides is 1. The SMILES string of the molecule is CNS(=O)(=O)c1ccc(CNc2ncnc3c2cnn3C)cc1. The third-order valence-corrected chi connectivity index (χ3v) is 4.92. The lowest BCUT2D eigenvalue weighted by Gasteiger charge is -2.08. The Kier molecular flexibility index (Phi) is 3.97. The second-order valence-electron chi connectivity index (χ2n) is 4.93. The van der Waals surface area contributed by atoms with Crippen LogP contribution in [0.5, 0.6) is 0 Å². The van der Waals surface area contributed by atoms with Crippen molar-refractivity contribution in [2.24, 2.45) is 7.05 Å². The standard InChI is InChI=1S/C14H16N6O2S/c1-15-23(21,22)11-5-3-10(4-6-11)7-16-13-12-8-19-20(2)14(12)18-9-17-13/h3-6,8-9,15H,7H2,1-2H3,(H,16,17,18). The van der Waals surface area contributed by atoms with Crippen molar-refractivity contribution in [3.8, 4) is 0 Å². The maximum atomic E-state index is 11.7. The van der Waals surface area contributed by atoms with E-state index in [0.717, 1.165) is 16.6 Å². The maximum Gasteiger partial charge on any atom is 0.240 e. The molecule has 0 atom stereocenters. The molecular formula is C14H16N6O2S. The number of rotatable bonds is 5. The Balaban J connectivity index is 1.78. The van der Waals surface area contributed by atoms with Crippen LogP contribution in [0, 0.1) is 0 Å². The zero-order chi connectivity index (χ0) is 16.4. The second kappa shape index (κ2) is 5.94. The highest BCUT2D eigenvalue weighted by atomic mass is 32.2. The topological polar surface area (TPSA) is 102 Å². The number of nitrogens with zero attached hydrogens (tertiary/aromatic N) is 4. The van der Waals surface area contributed by atoms with Crippen LogP contribution >= 0.6 is 0 Å². The van der Waals surface area contributed by atoms with Crippen molar-refractivity contribution < 1.29 is 8.42 Å². The molecular weight excluding hydrogens is 316 g/mol. The van der Waals surface area contributed by atoms with Gasteiger partial charge >= 0.3 is 0 Å². The van der Waals surface area contributed by atoms with E-state index in [1.54, 1.807) is 35.1 Å². The first kappa shape index (κ1) is 15.4. The Morgan fingerprint density at radius 1 is 1.17 bits per heavy atom. The summed E-state index contributed by atoms with van der Waals surface area (Å²) in [6, 6.07) is 6.67. The molecule has 3 rings (SSSR count). The molecule has 23 heavy (non-hydrogen) atoms. The van der Waals surface area contributed by atoms with Gasteiger partial charge in [-0.2, -0.15) is 5.10 Å². The lowest BCUT2D eigenvalue weighted by atomic mass is 10.2. The van der Waals surface area contributed by atoms with Crippen molar-refractivity contribution in [2.45, 2.75) is 11.4 Å². The summed E-state index contributed by atoms with van der Waals surface area (Å²) in [6.07, 6.45) is 3.19. The molecule has 0 bridgehead atoms. The minimum atomic E-state index is -3.41. The summed E-state index contributed by atoms with van der Waals surface area (Å²) >= 11 is 0. The van der Waals surface area contributed by atoms with E-state index in [-0.39, 0.29) is 4.90 Å². The first-order valence-electron chi connectivity index (χ1n) is 6.90. The Hall–Kier alpha value is -2.52. The Labute approximate surface area is 133 Å². The summed E-state index contributed by atoms with van der Waals surface area (Å²) in [7, 11) is -0.203. The molecule has 2 N–H and O–H groups in total. The molecule has 120 valence electrons. The van der Waals surface area contributed by atoms with E-state index < -0.39 is 10.0 Å². The molecule has 0 saturated carbocycles. The van der Waals surface area contributed by atoms with Gasteiger partial charge in [0.1, 0.15) is 12.1 Å². The number of anilines is 1. The number of nitrogens with one attached hydrogen (secondary N) is 2. The van der Waals surface area contributed by atoms with Crippen molar-refractivity contribution in [3.05, 3.63) is 42.4 Å². The average Bonchev–Trinajstić information content (AvgIpc) is 2.95. The molecule has 1 aromatic carbocycles. The molecule has 0 aliphatic rings. The van der Waals surface area contributed by atoms with Crippen LogP contribution in [0.4, 0.5) is 5.82 Å². The van der Waals surface area contributed by atoms with Crippen molar-refractivity contribution in [1.29, 1.82) is 0 Å². The van der Waals surface area contributed by atoms with Crippen LogP contribution in [0.1, 0.15) is 5.56 Å². The lowest BCUT2D eigenvalue weighted by Crippen LogP contribution is -2.18. The van der Waals surface area contributed by atoms with Crippen LogP contribution in [0.25, 0.3) is 11.0 Å². The van der Waals surface area contributed by atoms with E-state index >= 15 is 0 Å². The van der Waals surface area contributed by atoms with Crippen LogP contribution < -0.4 is 10.0 Å². The van der Waals surface area contributed by atoms with Crippen molar-refractivity contribution in [2.75, 3.05) is 12.4 Å². The Bertz CT molecular complexity index is 934. The summed E-state index contributed by atoms with van der Waals surface area (Å²) in [5.41, 5.74) is 1.69. The van der Waals surface area contributed by atoms with Gasteiger partial charge in [-0.3, -0.25) is 4.68 Å². The van der Waals surface area contributed by atoms with Gasteiger partial charge < -0.3 is 5.32 Å². The number of hydrogen-bond donors (Lipinski definition) is 2. The van der Waals surface area contributed by atoms with Crippen LogP contribution in [-0.2, 0) is 23.6 Å². The number of aryl methyl sites for hydroxylation is 1. The van der Waals surface area contributed by atoms with Crippen LogP contribution in [0.15, 0.2) is 41.7 Å². The molecule has 0 radical (unpaired) electrons. The monoisotopic (exact) mass is 332 g/mol. The molecule has 8 nitrogen and oxygen atoms in total. The quantitative estimate of drug-likeness (QED) is 0.719. The van der Waals surface area contributed by atoms with Crippen molar-refractivity contribution >= 4 is 26.9 Å². The van der Waals surface area contributed by atoms with E-state index in [1.165, 1.54) is 13.4 Å². The molecule has 9 heteroatoms. The molecule has 0 fully saturated rings. The largest absolute Gasteiger partial charge is 0.365 e. The highest BCUT2D eigenvalue weighted by Gasteiger charge is 2.11. The van der Waals surface area contributed by atoms with Crippen LogP contribution in [0.3, 0.4) is 0 Å². The van der Waals surface area contributed by atoms with Gasteiger partial charge in [0, 0.05) is 13.6 Å². The Morgan fingerprint density at radius 2 is 1.91 bits per heavy atom. The fourth-order valence-corrected chi connectivity index (χ4v) is 2.92. The van der Waals surface area contributed by atoms with E-state index in [4.69, 9.17) is 0 Å². The number of benzene rings is 1. The van der Waals surface area contributed by atoms with Gasteiger partial charge in [0.2, 0.25) is 10.0 Å². The zero-order valence-corrected chi connectivity index (χ0v) is 13.5. The smallest absolute Gasteiger partial charge is 0.240 e. The van der Waals surface area contributed by atoms with Crippen LogP contribution in [-0.4, -0.2) is 35.2 Å². The van der Waals surface area contributed by atoms with E-state index in [0.29, 0.717) is 12.4 Å². The maximum absolute atomic E-state index is 11.7. The van der Waals surface area contributed by atoms with E-state index in [2.05, 4.69) is 25.1 Å². The molecule has 0 aliphatic heterocycles. The lowest BCUT2D eigenvalue weighted by molar-refractivity contribution is 0.588. The second-order valence-corrected chi connectivity index (χ2v) is 6.82. The minimum absolute atomic E-state index is 0.237. The number of hydrogen-bond acceptors (Lipinski definition) is 6. The highest BCUT2D eigenvalue weighted by Crippen LogP contribution is 2.19. The van der Waals surface area contributed by atoms with Gasteiger partial charge in [-0.25, -0.2) is 23.1 Å². The first-order valence-corrected chi connectivity index (χ1v) is 8.38. The van der Waals surface area contributed by atoms with Crippen molar-refractivity contribution in [1.82, 2.24) is 24.5 Å². The third-order valence-electron chi connectivity index (χ3n) is 3.49.